The van der Waals surface area contributed by atoms with E-state index in [-0.39, 0.29) is 5.91 Å². The van der Waals surface area contributed by atoms with Crippen LogP contribution in [0, 0.1) is 0 Å². The van der Waals surface area contributed by atoms with Crippen molar-refractivity contribution in [3.63, 3.8) is 0 Å². The number of rotatable bonds is 2. The van der Waals surface area contributed by atoms with Crippen LogP contribution in [-0.4, -0.2) is 38.8 Å². The molecule has 0 atom stereocenters. The molecule has 1 aliphatic heterocycles. The standard InChI is InChI=1S/C12H14N4OS/c17-12(10-7-18-8-15-10)16-5-1-9(2-6-16)11-13-3-4-14-11/h3-4,7-9H,1-2,5-6H2,(H,13,14). The summed E-state index contributed by atoms with van der Waals surface area (Å²) in [4.78, 5) is 25.5. The van der Waals surface area contributed by atoms with E-state index >= 15 is 0 Å². The molecule has 1 fully saturated rings. The van der Waals surface area contributed by atoms with Gasteiger partial charge in [-0.1, -0.05) is 0 Å². The van der Waals surface area contributed by atoms with Gasteiger partial charge in [-0.25, -0.2) is 9.97 Å². The second-order valence-electron chi connectivity index (χ2n) is 4.41. The molecule has 0 aromatic carbocycles. The number of likely N-dealkylation sites (tertiary alicyclic amines) is 1. The third-order valence-corrected chi connectivity index (χ3v) is 3.93. The van der Waals surface area contributed by atoms with Crippen molar-refractivity contribution in [3.8, 4) is 0 Å². The highest BCUT2D eigenvalue weighted by molar-refractivity contribution is 7.07. The van der Waals surface area contributed by atoms with Crippen molar-refractivity contribution in [3.05, 3.63) is 34.8 Å². The number of thiazole rings is 1. The highest BCUT2D eigenvalue weighted by atomic mass is 32.1. The molecule has 3 rings (SSSR count). The lowest BCUT2D eigenvalue weighted by atomic mass is 9.96. The van der Waals surface area contributed by atoms with Crippen LogP contribution in [0.1, 0.15) is 35.1 Å². The maximum absolute atomic E-state index is 12.1. The first-order valence-electron chi connectivity index (χ1n) is 6.01. The third kappa shape index (κ3) is 2.15. The molecule has 6 heteroatoms. The summed E-state index contributed by atoms with van der Waals surface area (Å²) in [5, 5.41) is 1.81. The summed E-state index contributed by atoms with van der Waals surface area (Å²) in [5.74, 6) is 1.53. The first-order chi connectivity index (χ1) is 8.84. The van der Waals surface area contributed by atoms with Gasteiger partial charge in [0.25, 0.3) is 5.91 Å². The van der Waals surface area contributed by atoms with E-state index in [0.29, 0.717) is 11.6 Å². The minimum atomic E-state index is 0.0501. The van der Waals surface area contributed by atoms with Gasteiger partial charge in [0.2, 0.25) is 0 Å². The Labute approximate surface area is 109 Å². The second-order valence-corrected chi connectivity index (χ2v) is 5.13. The Morgan fingerprint density at radius 1 is 1.39 bits per heavy atom. The zero-order chi connectivity index (χ0) is 12.4. The monoisotopic (exact) mass is 262 g/mol. The minimum Gasteiger partial charge on any atom is -0.348 e. The summed E-state index contributed by atoms with van der Waals surface area (Å²) in [6.45, 7) is 1.56. The minimum absolute atomic E-state index is 0.0501. The van der Waals surface area contributed by atoms with Gasteiger partial charge >= 0.3 is 0 Å². The number of hydrogen-bond donors (Lipinski definition) is 1. The first kappa shape index (κ1) is 11.4. The number of carbonyl (C=O) groups excluding carboxylic acids is 1. The van der Waals surface area contributed by atoms with Crippen molar-refractivity contribution in [2.75, 3.05) is 13.1 Å². The summed E-state index contributed by atoms with van der Waals surface area (Å²) in [5.41, 5.74) is 2.26. The molecule has 5 nitrogen and oxygen atoms in total. The molecule has 2 aromatic heterocycles. The first-order valence-corrected chi connectivity index (χ1v) is 6.95. The molecule has 0 aliphatic carbocycles. The number of amides is 1. The molecule has 1 N–H and O–H groups in total. The Balaban J connectivity index is 1.62. The van der Waals surface area contributed by atoms with Crippen molar-refractivity contribution in [2.24, 2.45) is 0 Å². The van der Waals surface area contributed by atoms with Gasteiger partial charge in [-0.05, 0) is 12.8 Å². The van der Waals surface area contributed by atoms with Gasteiger partial charge in [-0.15, -0.1) is 11.3 Å². The predicted octanol–water partition coefficient (Wildman–Crippen LogP) is 1.89. The van der Waals surface area contributed by atoms with Crippen molar-refractivity contribution >= 4 is 17.2 Å². The summed E-state index contributed by atoms with van der Waals surface area (Å²) in [6, 6.07) is 0. The largest absolute Gasteiger partial charge is 0.348 e. The van der Waals surface area contributed by atoms with Crippen LogP contribution in [0.2, 0.25) is 0 Å². The van der Waals surface area contributed by atoms with Crippen LogP contribution < -0.4 is 0 Å². The van der Waals surface area contributed by atoms with E-state index in [1.165, 1.54) is 11.3 Å². The number of H-pyrrole nitrogens is 1. The topological polar surface area (TPSA) is 61.9 Å². The molecule has 1 amide bonds. The van der Waals surface area contributed by atoms with Gasteiger partial charge in [-0.3, -0.25) is 4.79 Å². The lowest BCUT2D eigenvalue weighted by Crippen LogP contribution is -2.38. The average Bonchev–Trinajstić information content (AvgIpc) is 3.11. The van der Waals surface area contributed by atoms with Crippen LogP contribution in [-0.2, 0) is 0 Å². The van der Waals surface area contributed by atoms with E-state index in [1.54, 1.807) is 17.1 Å². The lowest BCUT2D eigenvalue weighted by molar-refractivity contribution is 0.0706. The van der Waals surface area contributed by atoms with Crippen molar-refractivity contribution in [2.45, 2.75) is 18.8 Å². The zero-order valence-electron chi connectivity index (χ0n) is 9.87. The van der Waals surface area contributed by atoms with Crippen molar-refractivity contribution in [1.82, 2.24) is 19.9 Å². The van der Waals surface area contributed by atoms with E-state index in [4.69, 9.17) is 0 Å². The fourth-order valence-corrected chi connectivity index (χ4v) is 2.86. The second kappa shape index (κ2) is 4.89. The predicted molar refractivity (Wildman–Crippen MR) is 68.6 cm³/mol. The van der Waals surface area contributed by atoms with Crippen molar-refractivity contribution in [1.29, 1.82) is 0 Å². The van der Waals surface area contributed by atoms with Gasteiger partial charge in [-0.2, -0.15) is 0 Å². The van der Waals surface area contributed by atoms with Crippen LogP contribution in [0.5, 0.6) is 0 Å². The average molecular weight is 262 g/mol. The van der Waals surface area contributed by atoms with Gasteiger partial charge in [0.15, 0.2) is 0 Å². The molecular formula is C12H14N4OS. The van der Waals surface area contributed by atoms with Crippen molar-refractivity contribution < 1.29 is 4.79 Å². The highest BCUT2D eigenvalue weighted by Gasteiger charge is 2.26. The summed E-state index contributed by atoms with van der Waals surface area (Å²) >= 11 is 1.46. The third-order valence-electron chi connectivity index (χ3n) is 3.34. The van der Waals surface area contributed by atoms with E-state index in [2.05, 4.69) is 15.0 Å². The Morgan fingerprint density at radius 3 is 2.83 bits per heavy atom. The fraction of sp³-hybridized carbons (Fsp3) is 0.417. The Hall–Kier alpha value is -1.69. The smallest absolute Gasteiger partial charge is 0.273 e. The van der Waals surface area contributed by atoms with Crippen LogP contribution in [0.15, 0.2) is 23.3 Å². The summed E-state index contributed by atoms with van der Waals surface area (Å²) in [7, 11) is 0. The maximum Gasteiger partial charge on any atom is 0.273 e. The summed E-state index contributed by atoms with van der Waals surface area (Å²) < 4.78 is 0. The molecule has 0 unspecified atom stereocenters. The van der Waals surface area contributed by atoms with Crippen LogP contribution in [0.3, 0.4) is 0 Å². The van der Waals surface area contributed by atoms with E-state index < -0.39 is 0 Å². The molecule has 3 heterocycles. The van der Waals surface area contributed by atoms with Gasteiger partial charge in [0, 0.05) is 36.8 Å². The number of aromatic amines is 1. The molecule has 0 radical (unpaired) electrons. The number of imidazole rings is 1. The fourth-order valence-electron chi connectivity index (χ4n) is 2.34. The lowest BCUT2D eigenvalue weighted by Gasteiger charge is -2.30. The molecule has 1 saturated heterocycles. The van der Waals surface area contributed by atoms with Crippen LogP contribution >= 0.6 is 11.3 Å². The molecular weight excluding hydrogens is 248 g/mol. The number of nitrogens with zero attached hydrogens (tertiary/aromatic N) is 3. The SMILES string of the molecule is O=C(c1cscn1)N1CCC(c2ncc[nH]2)CC1. The quantitative estimate of drug-likeness (QED) is 0.899. The molecule has 0 spiro atoms. The number of hydrogen-bond acceptors (Lipinski definition) is 4. The number of piperidine rings is 1. The molecule has 18 heavy (non-hydrogen) atoms. The van der Waals surface area contributed by atoms with E-state index in [1.807, 2.05) is 11.1 Å². The number of aromatic nitrogens is 3. The highest BCUT2D eigenvalue weighted by Crippen LogP contribution is 2.26. The van der Waals surface area contributed by atoms with Gasteiger partial charge in [0.05, 0.1) is 5.51 Å². The molecule has 0 saturated carbocycles. The van der Waals surface area contributed by atoms with E-state index in [9.17, 15) is 4.79 Å². The van der Waals surface area contributed by atoms with Crippen LogP contribution in [0.4, 0.5) is 0 Å². The Morgan fingerprint density at radius 2 is 2.22 bits per heavy atom. The number of nitrogens with one attached hydrogen (secondary N) is 1. The Bertz CT molecular complexity index is 500. The Kier molecular flexibility index (Phi) is 3.10. The van der Waals surface area contributed by atoms with Gasteiger partial charge in [0.1, 0.15) is 11.5 Å². The number of carbonyl (C=O) groups is 1. The zero-order valence-corrected chi connectivity index (χ0v) is 10.7. The summed E-state index contributed by atoms with van der Waals surface area (Å²) in [6.07, 6.45) is 5.55. The van der Waals surface area contributed by atoms with E-state index in [0.717, 1.165) is 31.8 Å². The molecule has 0 bridgehead atoms. The van der Waals surface area contributed by atoms with Gasteiger partial charge < -0.3 is 9.88 Å². The molecule has 1 aliphatic rings. The normalized spacial score (nSPS) is 17.0. The molecule has 2 aromatic rings. The molecule has 94 valence electrons. The maximum atomic E-state index is 12.1. The van der Waals surface area contributed by atoms with Crippen LogP contribution in [0.25, 0.3) is 0 Å².